The first-order valence-corrected chi connectivity index (χ1v) is 8.40. The minimum absolute atomic E-state index is 0.0222. The second-order valence-corrected chi connectivity index (χ2v) is 6.61. The Hall–Kier alpha value is -1.48. The molecule has 1 aliphatic heterocycles. The van der Waals surface area contributed by atoms with Crippen LogP contribution in [0.4, 0.5) is 0 Å². The standard InChI is InChI=1S/C16H25N3O5/c1-23-16-3-2-12(24-7-6-20)9-13(16)19(5-4-16)10-11-8-14(21)18-15(22)17-11/h8,12-13,20H,2-7,9-10H2,1H3,(H2,17,18,21,22)/t12-,13-,16+/m0/s1. The molecule has 8 nitrogen and oxygen atoms in total. The summed E-state index contributed by atoms with van der Waals surface area (Å²) in [6.07, 6.45) is 3.67. The van der Waals surface area contributed by atoms with E-state index < -0.39 is 11.2 Å². The molecule has 24 heavy (non-hydrogen) atoms. The molecule has 3 atom stereocenters. The number of aliphatic hydroxyl groups is 1. The van der Waals surface area contributed by atoms with E-state index in [9.17, 15) is 9.59 Å². The highest BCUT2D eigenvalue weighted by atomic mass is 16.5. The van der Waals surface area contributed by atoms with Crippen molar-refractivity contribution in [3.05, 3.63) is 32.6 Å². The fourth-order valence-corrected chi connectivity index (χ4v) is 4.14. The van der Waals surface area contributed by atoms with Gasteiger partial charge < -0.3 is 19.6 Å². The van der Waals surface area contributed by atoms with Gasteiger partial charge in [0.2, 0.25) is 0 Å². The molecule has 1 aromatic rings. The van der Waals surface area contributed by atoms with Crippen molar-refractivity contribution in [3.8, 4) is 0 Å². The molecule has 0 radical (unpaired) electrons. The maximum absolute atomic E-state index is 11.5. The Morgan fingerprint density at radius 1 is 1.38 bits per heavy atom. The Morgan fingerprint density at radius 2 is 2.21 bits per heavy atom. The van der Waals surface area contributed by atoms with Gasteiger partial charge in [0, 0.05) is 38.0 Å². The lowest BCUT2D eigenvalue weighted by Crippen LogP contribution is -2.51. The molecule has 1 aromatic heterocycles. The Morgan fingerprint density at radius 3 is 2.92 bits per heavy atom. The summed E-state index contributed by atoms with van der Waals surface area (Å²) in [5, 5.41) is 8.95. The summed E-state index contributed by atoms with van der Waals surface area (Å²) in [5.41, 5.74) is -0.462. The van der Waals surface area contributed by atoms with Crippen LogP contribution in [0.2, 0.25) is 0 Å². The smallest absolute Gasteiger partial charge is 0.325 e. The second-order valence-electron chi connectivity index (χ2n) is 6.61. The monoisotopic (exact) mass is 339 g/mol. The summed E-state index contributed by atoms with van der Waals surface area (Å²) in [4.78, 5) is 30.1. The summed E-state index contributed by atoms with van der Waals surface area (Å²) in [6, 6.07) is 1.60. The zero-order valence-corrected chi connectivity index (χ0v) is 13.9. The van der Waals surface area contributed by atoms with Crippen LogP contribution in [0.25, 0.3) is 0 Å². The highest BCUT2D eigenvalue weighted by Gasteiger charge is 2.51. The average Bonchev–Trinajstić information content (AvgIpc) is 2.90. The highest BCUT2D eigenvalue weighted by molar-refractivity contribution is 5.08. The first-order valence-electron chi connectivity index (χ1n) is 8.40. The van der Waals surface area contributed by atoms with Crippen molar-refractivity contribution in [2.75, 3.05) is 26.9 Å². The van der Waals surface area contributed by atoms with Crippen molar-refractivity contribution in [2.24, 2.45) is 0 Å². The van der Waals surface area contributed by atoms with E-state index in [0.29, 0.717) is 18.8 Å². The number of aromatic nitrogens is 2. The summed E-state index contributed by atoms with van der Waals surface area (Å²) < 4.78 is 11.6. The largest absolute Gasteiger partial charge is 0.394 e. The minimum atomic E-state index is -0.484. The zero-order chi connectivity index (χ0) is 17.2. The van der Waals surface area contributed by atoms with E-state index in [2.05, 4.69) is 14.9 Å². The van der Waals surface area contributed by atoms with Gasteiger partial charge >= 0.3 is 5.69 Å². The molecule has 2 heterocycles. The highest BCUT2D eigenvalue weighted by Crippen LogP contribution is 2.43. The molecule has 0 aromatic carbocycles. The second kappa shape index (κ2) is 7.18. The van der Waals surface area contributed by atoms with Crippen LogP contribution in [0, 0.1) is 0 Å². The van der Waals surface area contributed by atoms with Crippen LogP contribution in [0.15, 0.2) is 15.7 Å². The summed E-state index contributed by atoms with van der Waals surface area (Å²) in [6.45, 7) is 1.72. The van der Waals surface area contributed by atoms with Gasteiger partial charge in [-0.05, 0) is 25.7 Å². The molecule has 134 valence electrons. The fraction of sp³-hybridized carbons (Fsp3) is 0.750. The maximum atomic E-state index is 11.5. The number of aliphatic hydroxyl groups excluding tert-OH is 1. The van der Waals surface area contributed by atoms with Gasteiger partial charge in [-0.2, -0.15) is 0 Å². The number of nitrogens with one attached hydrogen (secondary N) is 2. The van der Waals surface area contributed by atoms with E-state index in [1.807, 2.05) is 0 Å². The molecule has 1 saturated heterocycles. The maximum Gasteiger partial charge on any atom is 0.325 e. The molecule has 0 bridgehead atoms. The predicted octanol–water partition coefficient (Wildman–Crippen LogP) is -0.416. The SMILES string of the molecule is CO[C@@]12CC[C@H](OCCO)C[C@@H]1N(Cc1cc(=O)[nH]c(=O)[nH]1)CC2. The van der Waals surface area contributed by atoms with Crippen LogP contribution in [0.3, 0.4) is 0 Å². The van der Waals surface area contributed by atoms with Crippen LogP contribution in [-0.2, 0) is 16.0 Å². The fourth-order valence-electron chi connectivity index (χ4n) is 4.14. The molecular weight excluding hydrogens is 314 g/mol. The third-order valence-corrected chi connectivity index (χ3v) is 5.29. The lowest BCUT2D eigenvalue weighted by Gasteiger charge is -2.43. The van der Waals surface area contributed by atoms with E-state index in [1.165, 1.54) is 6.07 Å². The van der Waals surface area contributed by atoms with E-state index in [4.69, 9.17) is 14.6 Å². The first kappa shape index (κ1) is 17.3. The molecule has 3 rings (SSSR count). The van der Waals surface area contributed by atoms with Gasteiger partial charge in [0.15, 0.2) is 0 Å². The van der Waals surface area contributed by atoms with E-state index in [-0.39, 0.29) is 24.4 Å². The summed E-state index contributed by atoms with van der Waals surface area (Å²) >= 11 is 0. The molecule has 8 heteroatoms. The van der Waals surface area contributed by atoms with Crippen LogP contribution in [0.1, 0.15) is 31.4 Å². The molecule has 0 spiro atoms. The van der Waals surface area contributed by atoms with Crippen molar-refractivity contribution in [3.63, 3.8) is 0 Å². The van der Waals surface area contributed by atoms with Gasteiger partial charge in [-0.25, -0.2) is 4.79 Å². The predicted molar refractivity (Wildman–Crippen MR) is 86.9 cm³/mol. The Kier molecular flexibility index (Phi) is 5.19. The van der Waals surface area contributed by atoms with Crippen LogP contribution < -0.4 is 11.2 Å². The Bertz CT molecular complexity index is 644. The first-order chi connectivity index (χ1) is 11.6. The van der Waals surface area contributed by atoms with Crippen molar-refractivity contribution in [1.82, 2.24) is 14.9 Å². The number of H-pyrrole nitrogens is 2. The van der Waals surface area contributed by atoms with Gasteiger partial charge in [0.1, 0.15) is 0 Å². The van der Waals surface area contributed by atoms with Gasteiger partial charge in [0.25, 0.3) is 5.56 Å². The van der Waals surface area contributed by atoms with Crippen molar-refractivity contribution in [2.45, 2.75) is 50.0 Å². The van der Waals surface area contributed by atoms with E-state index in [0.717, 1.165) is 32.2 Å². The number of ether oxygens (including phenoxy) is 2. The lowest BCUT2D eigenvalue weighted by molar-refractivity contribution is -0.104. The number of nitrogens with zero attached hydrogens (tertiary/aromatic N) is 1. The Balaban J connectivity index is 1.76. The van der Waals surface area contributed by atoms with Crippen molar-refractivity contribution >= 4 is 0 Å². The summed E-state index contributed by atoms with van der Waals surface area (Å²) in [7, 11) is 1.75. The molecule has 0 unspecified atom stereocenters. The van der Waals surface area contributed by atoms with Crippen molar-refractivity contribution < 1.29 is 14.6 Å². The zero-order valence-electron chi connectivity index (χ0n) is 13.9. The third kappa shape index (κ3) is 3.46. The molecule has 0 amide bonds. The van der Waals surface area contributed by atoms with Gasteiger partial charge in [-0.15, -0.1) is 0 Å². The molecule has 1 aliphatic carbocycles. The van der Waals surface area contributed by atoms with E-state index in [1.54, 1.807) is 7.11 Å². The number of fused-ring (bicyclic) bond motifs is 1. The number of aromatic amines is 2. The molecule has 2 fully saturated rings. The summed E-state index contributed by atoms with van der Waals surface area (Å²) in [5.74, 6) is 0. The molecule has 1 saturated carbocycles. The minimum Gasteiger partial charge on any atom is -0.394 e. The number of rotatable bonds is 6. The average molecular weight is 339 g/mol. The van der Waals surface area contributed by atoms with Crippen LogP contribution in [0.5, 0.6) is 0 Å². The van der Waals surface area contributed by atoms with Crippen LogP contribution >= 0.6 is 0 Å². The quantitative estimate of drug-likeness (QED) is 0.650. The number of hydrogen-bond acceptors (Lipinski definition) is 6. The molecule has 2 aliphatic rings. The van der Waals surface area contributed by atoms with Crippen LogP contribution in [-0.4, -0.2) is 64.6 Å². The van der Waals surface area contributed by atoms with Gasteiger partial charge in [-0.3, -0.25) is 14.7 Å². The topological polar surface area (TPSA) is 108 Å². The third-order valence-electron chi connectivity index (χ3n) is 5.29. The number of methoxy groups -OCH3 is 1. The lowest BCUT2D eigenvalue weighted by atomic mass is 9.79. The van der Waals surface area contributed by atoms with Gasteiger partial charge in [0.05, 0.1) is 24.9 Å². The normalized spacial score (nSPS) is 30.4. The number of hydrogen-bond donors (Lipinski definition) is 3. The molecule has 3 N–H and O–H groups in total. The molecular formula is C16H25N3O5. The Labute approximate surface area is 139 Å². The van der Waals surface area contributed by atoms with Crippen molar-refractivity contribution in [1.29, 1.82) is 0 Å². The van der Waals surface area contributed by atoms with Gasteiger partial charge in [-0.1, -0.05) is 0 Å². The van der Waals surface area contributed by atoms with E-state index >= 15 is 0 Å². The number of likely N-dealkylation sites (tertiary alicyclic amines) is 1.